The van der Waals surface area contributed by atoms with Gasteiger partial charge in [0.25, 0.3) is 5.91 Å². The van der Waals surface area contributed by atoms with Crippen LogP contribution < -0.4 is 5.32 Å². The highest BCUT2D eigenvalue weighted by atomic mass is 16.2. The molecule has 30 heavy (non-hydrogen) atoms. The van der Waals surface area contributed by atoms with Gasteiger partial charge in [-0.3, -0.25) is 4.79 Å². The van der Waals surface area contributed by atoms with Crippen molar-refractivity contribution in [3.05, 3.63) is 83.8 Å². The highest BCUT2D eigenvalue weighted by Crippen LogP contribution is 2.23. The Kier molecular flexibility index (Phi) is 6.00. The average Bonchev–Trinajstić information content (AvgIpc) is 2.80. The molecule has 0 bridgehead atoms. The number of anilines is 2. The SMILES string of the molecule is N#Cc1ccc(Nc2cc(C(=O)N3CCC(Cc4ccccc4)CC3)ncn2)cc1. The van der Waals surface area contributed by atoms with E-state index in [2.05, 4.69) is 45.6 Å². The Balaban J connectivity index is 1.35. The van der Waals surface area contributed by atoms with Crippen LogP contribution in [0, 0.1) is 17.2 Å². The third kappa shape index (κ3) is 4.81. The summed E-state index contributed by atoms with van der Waals surface area (Å²) in [6.07, 6.45) is 4.47. The minimum atomic E-state index is -0.0570. The summed E-state index contributed by atoms with van der Waals surface area (Å²) < 4.78 is 0. The molecule has 0 saturated carbocycles. The van der Waals surface area contributed by atoms with Gasteiger partial charge in [-0.1, -0.05) is 30.3 Å². The number of likely N-dealkylation sites (tertiary alicyclic amines) is 1. The number of aromatic nitrogens is 2. The van der Waals surface area contributed by atoms with Gasteiger partial charge in [-0.2, -0.15) is 5.26 Å². The van der Waals surface area contributed by atoms with Crippen LogP contribution in [0.5, 0.6) is 0 Å². The summed E-state index contributed by atoms with van der Waals surface area (Å²) in [6.45, 7) is 1.50. The molecule has 1 amide bonds. The lowest BCUT2D eigenvalue weighted by Crippen LogP contribution is -2.39. The molecule has 1 aliphatic heterocycles. The van der Waals surface area contributed by atoms with Gasteiger partial charge >= 0.3 is 0 Å². The number of benzene rings is 2. The summed E-state index contributed by atoms with van der Waals surface area (Å²) in [5.41, 5.74) is 3.14. The standard InChI is InChI=1S/C24H23N5O/c25-16-20-6-8-21(9-7-20)28-23-15-22(26-17-27-23)24(30)29-12-10-19(11-13-29)14-18-4-2-1-3-5-18/h1-9,15,17,19H,10-14H2,(H,26,27,28). The van der Waals surface area contributed by atoms with Gasteiger partial charge in [0.05, 0.1) is 11.6 Å². The van der Waals surface area contributed by atoms with Gasteiger partial charge in [0.2, 0.25) is 0 Å². The van der Waals surface area contributed by atoms with Crippen LogP contribution in [0.25, 0.3) is 0 Å². The van der Waals surface area contributed by atoms with Crippen LogP contribution in [0.15, 0.2) is 67.0 Å². The lowest BCUT2D eigenvalue weighted by atomic mass is 9.90. The van der Waals surface area contributed by atoms with E-state index in [4.69, 9.17) is 5.26 Å². The van der Waals surface area contributed by atoms with E-state index in [-0.39, 0.29) is 5.91 Å². The van der Waals surface area contributed by atoms with E-state index < -0.39 is 0 Å². The van der Waals surface area contributed by atoms with Crippen LogP contribution in [0.2, 0.25) is 0 Å². The zero-order valence-electron chi connectivity index (χ0n) is 16.7. The number of nitrogens with zero attached hydrogens (tertiary/aromatic N) is 4. The number of amides is 1. The molecule has 0 atom stereocenters. The summed E-state index contributed by atoms with van der Waals surface area (Å²) in [7, 11) is 0. The minimum Gasteiger partial charge on any atom is -0.340 e. The van der Waals surface area contributed by atoms with Crippen molar-refractivity contribution in [2.24, 2.45) is 5.92 Å². The molecule has 150 valence electrons. The number of nitriles is 1. The quantitative estimate of drug-likeness (QED) is 0.698. The number of carbonyl (C=O) groups is 1. The van der Waals surface area contributed by atoms with Crippen LogP contribution in [-0.4, -0.2) is 33.9 Å². The molecule has 1 aromatic heterocycles. The third-order valence-electron chi connectivity index (χ3n) is 5.44. The smallest absolute Gasteiger partial charge is 0.272 e. The van der Waals surface area contributed by atoms with Gasteiger partial charge in [-0.15, -0.1) is 0 Å². The van der Waals surface area contributed by atoms with Crippen molar-refractivity contribution in [3.63, 3.8) is 0 Å². The van der Waals surface area contributed by atoms with Crippen molar-refractivity contribution >= 4 is 17.4 Å². The molecule has 0 aliphatic carbocycles. The van der Waals surface area contributed by atoms with Crippen molar-refractivity contribution in [1.82, 2.24) is 14.9 Å². The first kappa shape index (κ1) is 19.6. The van der Waals surface area contributed by atoms with E-state index in [1.165, 1.54) is 11.9 Å². The van der Waals surface area contributed by atoms with Gasteiger partial charge < -0.3 is 10.2 Å². The van der Waals surface area contributed by atoms with Crippen LogP contribution in [-0.2, 0) is 6.42 Å². The molecule has 0 radical (unpaired) electrons. The monoisotopic (exact) mass is 397 g/mol. The Morgan fingerprint density at radius 1 is 1.07 bits per heavy atom. The van der Waals surface area contributed by atoms with Crippen LogP contribution in [0.3, 0.4) is 0 Å². The maximum Gasteiger partial charge on any atom is 0.272 e. The predicted molar refractivity (Wildman–Crippen MR) is 115 cm³/mol. The molecule has 1 fully saturated rings. The molecule has 6 nitrogen and oxygen atoms in total. The van der Waals surface area contributed by atoms with Gasteiger partial charge in [-0.25, -0.2) is 9.97 Å². The molecular formula is C24H23N5O. The van der Waals surface area contributed by atoms with Gasteiger partial charge in [0.1, 0.15) is 17.8 Å². The number of carbonyl (C=O) groups excluding carboxylic acids is 1. The molecule has 3 aromatic rings. The van der Waals surface area contributed by atoms with Gasteiger partial charge in [0.15, 0.2) is 0 Å². The van der Waals surface area contributed by atoms with E-state index in [0.717, 1.165) is 38.0 Å². The van der Waals surface area contributed by atoms with Crippen LogP contribution in [0.1, 0.15) is 34.5 Å². The van der Waals surface area contributed by atoms with Crippen LogP contribution >= 0.6 is 0 Å². The Morgan fingerprint density at radius 2 is 1.80 bits per heavy atom. The first-order valence-corrected chi connectivity index (χ1v) is 10.1. The molecule has 1 aliphatic rings. The van der Waals surface area contributed by atoms with E-state index in [9.17, 15) is 4.79 Å². The highest BCUT2D eigenvalue weighted by molar-refractivity contribution is 5.93. The largest absolute Gasteiger partial charge is 0.340 e. The van der Waals surface area contributed by atoms with Crippen molar-refractivity contribution < 1.29 is 4.79 Å². The average molecular weight is 397 g/mol. The minimum absolute atomic E-state index is 0.0570. The maximum atomic E-state index is 12.9. The predicted octanol–water partition coefficient (Wildman–Crippen LogP) is 4.19. The van der Waals surface area contributed by atoms with E-state index in [1.54, 1.807) is 30.3 Å². The first-order chi connectivity index (χ1) is 14.7. The lowest BCUT2D eigenvalue weighted by Gasteiger charge is -2.32. The fourth-order valence-electron chi connectivity index (χ4n) is 3.77. The third-order valence-corrected chi connectivity index (χ3v) is 5.44. The fraction of sp³-hybridized carbons (Fsp3) is 0.250. The molecule has 6 heteroatoms. The normalized spacial score (nSPS) is 14.2. The molecule has 2 aromatic carbocycles. The van der Waals surface area contributed by atoms with Crippen molar-refractivity contribution in [2.75, 3.05) is 18.4 Å². The molecule has 1 N–H and O–H groups in total. The first-order valence-electron chi connectivity index (χ1n) is 10.1. The highest BCUT2D eigenvalue weighted by Gasteiger charge is 2.24. The second-order valence-electron chi connectivity index (χ2n) is 7.53. The summed E-state index contributed by atoms with van der Waals surface area (Å²) in [6, 6.07) is 21.4. The summed E-state index contributed by atoms with van der Waals surface area (Å²) in [5.74, 6) is 1.10. The Morgan fingerprint density at radius 3 is 2.50 bits per heavy atom. The van der Waals surface area contributed by atoms with E-state index >= 15 is 0 Å². The second kappa shape index (κ2) is 9.19. The number of nitrogens with one attached hydrogen (secondary N) is 1. The molecule has 0 spiro atoms. The maximum absolute atomic E-state index is 12.9. The number of rotatable bonds is 5. The Hall–Kier alpha value is -3.72. The summed E-state index contributed by atoms with van der Waals surface area (Å²) >= 11 is 0. The van der Waals surface area contributed by atoms with Crippen molar-refractivity contribution in [3.8, 4) is 6.07 Å². The van der Waals surface area contributed by atoms with Gasteiger partial charge in [0, 0.05) is 24.8 Å². The number of piperidine rings is 1. The topological polar surface area (TPSA) is 81.9 Å². The number of hydrogen-bond acceptors (Lipinski definition) is 5. The Bertz CT molecular complexity index is 1040. The van der Waals surface area contributed by atoms with Crippen molar-refractivity contribution in [2.45, 2.75) is 19.3 Å². The van der Waals surface area contributed by atoms with E-state index in [0.29, 0.717) is 23.0 Å². The Labute approximate surface area is 176 Å². The molecular weight excluding hydrogens is 374 g/mol. The zero-order chi connectivity index (χ0) is 20.8. The molecule has 0 unspecified atom stereocenters. The zero-order valence-corrected chi connectivity index (χ0v) is 16.7. The molecule has 1 saturated heterocycles. The fourth-order valence-corrected chi connectivity index (χ4v) is 3.77. The summed E-state index contributed by atoms with van der Waals surface area (Å²) in [5, 5.41) is 12.1. The van der Waals surface area contributed by atoms with Gasteiger partial charge in [-0.05, 0) is 55.0 Å². The van der Waals surface area contributed by atoms with Crippen LogP contribution in [0.4, 0.5) is 11.5 Å². The second-order valence-corrected chi connectivity index (χ2v) is 7.53. The number of hydrogen-bond donors (Lipinski definition) is 1. The lowest BCUT2D eigenvalue weighted by molar-refractivity contribution is 0.0684. The molecule has 2 heterocycles. The van der Waals surface area contributed by atoms with Crippen molar-refractivity contribution in [1.29, 1.82) is 5.26 Å². The molecule has 4 rings (SSSR count). The summed E-state index contributed by atoms with van der Waals surface area (Å²) in [4.78, 5) is 23.2. The van der Waals surface area contributed by atoms with E-state index in [1.807, 2.05) is 11.0 Å².